The molecule has 0 aliphatic carbocycles. The number of amides is 1. The molecule has 2 aromatic heterocycles. The first-order valence-corrected chi connectivity index (χ1v) is 7.51. The molecule has 0 aliphatic rings. The van der Waals surface area contributed by atoms with Crippen molar-refractivity contribution in [3.05, 3.63) is 40.8 Å². The third-order valence-electron chi connectivity index (χ3n) is 3.56. The number of hydrogen-bond acceptors (Lipinski definition) is 4. The van der Waals surface area contributed by atoms with E-state index in [1.54, 1.807) is 6.20 Å². The fourth-order valence-corrected chi connectivity index (χ4v) is 2.40. The molecule has 0 fully saturated rings. The van der Waals surface area contributed by atoms with Crippen LogP contribution in [0.4, 0.5) is 0 Å². The van der Waals surface area contributed by atoms with Crippen LogP contribution in [0.3, 0.4) is 0 Å². The number of halogens is 1. The fourth-order valence-electron chi connectivity index (χ4n) is 2.24. The van der Waals surface area contributed by atoms with Gasteiger partial charge in [0.15, 0.2) is 5.82 Å². The van der Waals surface area contributed by atoms with Gasteiger partial charge in [-0.2, -0.15) is 0 Å². The van der Waals surface area contributed by atoms with E-state index in [0.29, 0.717) is 34.3 Å². The molecular formula is C16H19ClN4O. The lowest BCUT2D eigenvalue weighted by atomic mass is 9.90. The van der Waals surface area contributed by atoms with Gasteiger partial charge < -0.3 is 5.73 Å². The number of hydrogen-bond donors (Lipinski definition) is 1. The number of carbonyl (C=O) groups excluding carboxylic acids is 1. The second kappa shape index (κ2) is 6.83. The number of nitrogens with zero attached hydrogens (tertiary/aromatic N) is 3. The van der Waals surface area contributed by atoms with Crippen LogP contribution in [-0.2, 0) is 11.2 Å². The Labute approximate surface area is 135 Å². The van der Waals surface area contributed by atoms with E-state index in [1.165, 1.54) is 0 Å². The van der Waals surface area contributed by atoms with Crippen LogP contribution in [0, 0.1) is 18.8 Å². The number of carbonyl (C=O) groups is 1. The van der Waals surface area contributed by atoms with Crippen molar-refractivity contribution in [2.24, 2.45) is 17.6 Å². The molecule has 116 valence electrons. The van der Waals surface area contributed by atoms with Crippen LogP contribution in [0.15, 0.2) is 24.4 Å². The summed E-state index contributed by atoms with van der Waals surface area (Å²) >= 11 is 6.31. The van der Waals surface area contributed by atoms with Gasteiger partial charge in [-0.3, -0.25) is 9.78 Å². The smallest absolute Gasteiger partial charge is 0.221 e. The highest BCUT2D eigenvalue weighted by molar-refractivity contribution is 6.31. The molecule has 0 saturated carbocycles. The summed E-state index contributed by atoms with van der Waals surface area (Å²) in [6.45, 7) is 5.72. The van der Waals surface area contributed by atoms with Gasteiger partial charge >= 0.3 is 0 Å². The van der Waals surface area contributed by atoms with Crippen molar-refractivity contribution in [1.82, 2.24) is 15.0 Å². The number of primary amides is 1. The SMILES string of the molecule is Cc1nc(-c2ccccn2)nc(CC(C(N)=O)C(C)C)c1Cl. The van der Waals surface area contributed by atoms with Crippen LogP contribution >= 0.6 is 11.6 Å². The minimum atomic E-state index is -0.346. The minimum absolute atomic E-state index is 0.113. The number of aromatic nitrogens is 3. The molecule has 0 radical (unpaired) electrons. The monoisotopic (exact) mass is 318 g/mol. The van der Waals surface area contributed by atoms with E-state index in [1.807, 2.05) is 39.0 Å². The van der Waals surface area contributed by atoms with Gasteiger partial charge in [-0.05, 0) is 25.0 Å². The first kappa shape index (κ1) is 16.4. The molecule has 0 saturated heterocycles. The van der Waals surface area contributed by atoms with Gasteiger partial charge in [-0.15, -0.1) is 0 Å². The van der Waals surface area contributed by atoms with Gasteiger partial charge in [0.05, 0.1) is 16.4 Å². The maximum Gasteiger partial charge on any atom is 0.221 e. The van der Waals surface area contributed by atoms with Crippen molar-refractivity contribution in [2.75, 3.05) is 0 Å². The summed E-state index contributed by atoms with van der Waals surface area (Å²) in [5.74, 6) is -0.0447. The van der Waals surface area contributed by atoms with Gasteiger partial charge in [0.25, 0.3) is 0 Å². The zero-order valence-corrected chi connectivity index (χ0v) is 13.6. The summed E-state index contributed by atoms with van der Waals surface area (Å²) in [6, 6.07) is 5.53. The average Bonchev–Trinajstić information content (AvgIpc) is 2.48. The summed E-state index contributed by atoms with van der Waals surface area (Å²) in [7, 11) is 0. The molecule has 2 heterocycles. The van der Waals surface area contributed by atoms with Gasteiger partial charge in [0, 0.05) is 18.5 Å². The van der Waals surface area contributed by atoms with Gasteiger partial charge in [-0.1, -0.05) is 31.5 Å². The number of pyridine rings is 1. The highest BCUT2D eigenvalue weighted by Gasteiger charge is 2.23. The van der Waals surface area contributed by atoms with Crippen LogP contribution in [0.5, 0.6) is 0 Å². The molecular weight excluding hydrogens is 300 g/mol. The van der Waals surface area contributed by atoms with E-state index < -0.39 is 0 Å². The Morgan fingerprint density at radius 1 is 1.32 bits per heavy atom. The zero-order valence-electron chi connectivity index (χ0n) is 12.9. The number of rotatable bonds is 5. The average molecular weight is 319 g/mol. The lowest BCUT2D eigenvalue weighted by molar-refractivity contribution is -0.123. The second-order valence-corrected chi connectivity index (χ2v) is 5.94. The summed E-state index contributed by atoms with van der Waals surface area (Å²) in [5, 5.41) is 0.478. The van der Waals surface area contributed by atoms with Crippen molar-refractivity contribution in [2.45, 2.75) is 27.2 Å². The zero-order chi connectivity index (χ0) is 16.3. The first-order valence-electron chi connectivity index (χ1n) is 7.14. The Hall–Kier alpha value is -2.01. The van der Waals surface area contributed by atoms with E-state index in [2.05, 4.69) is 15.0 Å². The van der Waals surface area contributed by atoms with Gasteiger partial charge in [-0.25, -0.2) is 9.97 Å². The highest BCUT2D eigenvalue weighted by atomic mass is 35.5. The summed E-state index contributed by atoms with van der Waals surface area (Å²) < 4.78 is 0. The predicted molar refractivity (Wildman–Crippen MR) is 86.2 cm³/mol. The maximum absolute atomic E-state index is 11.6. The molecule has 1 unspecified atom stereocenters. The quantitative estimate of drug-likeness (QED) is 0.919. The topological polar surface area (TPSA) is 81.8 Å². The molecule has 0 bridgehead atoms. The molecule has 5 nitrogen and oxygen atoms in total. The van der Waals surface area contributed by atoms with Crippen LogP contribution in [0.25, 0.3) is 11.5 Å². The first-order chi connectivity index (χ1) is 10.4. The second-order valence-electron chi connectivity index (χ2n) is 5.57. The van der Waals surface area contributed by atoms with Crippen molar-refractivity contribution in [3.8, 4) is 11.5 Å². The Morgan fingerprint density at radius 3 is 2.59 bits per heavy atom. The van der Waals surface area contributed by atoms with Crippen molar-refractivity contribution in [3.63, 3.8) is 0 Å². The van der Waals surface area contributed by atoms with Crippen LogP contribution < -0.4 is 5.73 Å². The third kappa shape index (κ3) is 3.60. The van der Waals surface area contributed by atoms with Crippen LogP contribution in [0.2, 0.25) is 5.02 Å². The van der Waals surface area contributed by atoms with Crippen LogP contribution in [0.1, 0.15) is 25.2 Å². The molecule has 2 N–H and O–H groups in total. The molecule has 6 heteroatoms. The molecule has 2 rings (SSSR count). The molecule has 0 spiro atoms. The van der Waals surface area contributed by atoms with E-state index in [-0.39, 0.29) is 17.7 Å². The standard InChI is InChI=1S/C16H19ClN4O/c1-9(2)11(15(18)22)8-13-14(17)10(3)20-16(21-13)12-6-4-5-7-19-12/h4-7,9,11H,8H2,1-3H3,(H2,18,22). The Kier molecular flexibility index (Phi) is 5.08. The van der Waals surface area contributed by atoms with E-state index >= 15 is 0 Å². The summed E-state index contributed by atoms with van der Waals surface area (Å²) in [5.41, 5.74) is 7.45. The summed E-state index contributed by atoms with van der Waals surface area (Å²) in [6.07, 6.45) is 2.08. The van der Waals surface area contributed by atoms with Crippen molar-refractivity contribution < 1.29 is 4.79 Å². The molecule has 0 aliphatic heterocycles. The molecule has 1 amide bonds. The predicted octanol–water partition coefficient (Wildman–Crippen LogP) is 2.80. The van der Waals surface area contributed by atoms with Gasteiger partial charge in [0.1, 0.15) is 5.69 Å². The van der Waals surface area contributed by atoms with Crippen molar-refractivity contribution >= 4 is 17.5 Å². The lowest BCUT2D eigenvalue weighted by Gasteiger charge is -2.18. The fraction of sp³-hybridized carbons (Fsp3) is 0.375. The number of nitrogens with two attached hydrogens (primary N) is 1. The largest absolute Gasteiger partial charge is 0.369 e. The van der Waals surface area contributed by atoms with E-state index in [9.17, 15) is 4.79 Å². The number of aryl methyl sites for hydroxylation is 1. The summed E-state index contributed by atoms with van der Waals surface area (Å²) in [4.78, 5) is 24.7. The van der Waals surface area contributed by atoms with Crippen molar-refractivity contribution in [1.29, 1.82) is 0 Å². The Balaban J connectivity index is 2.43. The van der Waals surface area contributed by atoms with E-state index in [4.69, 9.17) is 17.3 Å². The molecule has 1 atom stereocenters. The Bertz CT molecular complexity index is 673. The normalized spacial score (nSPS) is 12.4. The molecule has 0 aromatic carbocycles. The highest BCUT2D eigenvalue weighted by Crippen LogP contribution is 2.25. The lowest BCUT2D eigenvalue weighted by Crippen LogP contribution is -2.29. The third-order valence-corrected chi connectivity index (χ3v) is 4.05. The van der Waals surface area contributed by atoms with E-state index in [0.717, 1.165) is 0 Å². The van der Waals surface area contributed by atoms with Crippen LogP contribution in [-0.4, -0.2) is 20.9 Å². The molecule has 22 heavy (non-hydrogen) atoms. The Morgan fingerprint density at radius 2 is 2.05 bits per heavy atom. The minimum Gasteiger partial charge on any atom is -0.369 e. The maximum atomic E-state index is 11.6. The van der Waals surface area contributed by atoms with Gasteiger partial charge in [0.2, 0.25) is 5.91 Å². The molecule has 2 aromatic rings.